The summed E-state index contributed by atoms with van der Waals surface area (Å²) in [7, 11) is 3.11. The van der Waals surface area contributed by atoms with Gasteiger partial charge in [-0.3, -0.25) is 4.79 Å². The van der Waals surface area contributed by atoms with Crippen LogP contribution in [0.2, 0.25) is 0 Å². The number of amides is 1. The fourth-order valence-electron chi connectivity index (χ4n) is 2.44. The van der Waals surface area contributed by atoms with Crippen LogP contribution in [-0.4, -0.2) is 25.1 Å². The van der Waals surface area contributed by atoms with Crippen LogP contribution in [0.4, 0.5) is 14.5 Å². The Balaban J connectivity index is 1.71. The van der Waals surface area contributed by atoms with Gasteiger partial charge < -0.3 is 14.8 Å². The van der Waals surface area contributed by atoms with Gasteiger partial charge in [-0.2, -0.15) is 0 Å². The van der Waals surface area contributed by atoms with Crippen molar-refractivity contribution in [2.45, 2.75) is 6.42 Å². The molecule has 0 aliphatic heterocycles. The summed E-state index contributed by atoms with van der Waals surface area (Å²) in [6.07, 6.45) is -0.0272. The number of hydrogen-bond donors (Lipinski definition) is 1. The Kier molecular flexibility index (Phi) is 5.66. The molecule has 140 valence electrons. The van der Waals surface area contributed by atoms with Crippen LogP contribution in [-0.2, 0) is 11.2 Å². The molecule has 5 nitrogen and oxygen atoms in total. The summed E-state index contributed by atoms with van der Waals surface area (Å²) in [5.41, 5.74) is 1.30. The Bertz CT molecular complexity index is 975. The molecular formula is C19H16F2N2O3S. The van der Waals surface area contributed by atoms with E-state index in [0.29, 0.717) is 28.3 Å². The Morgan fingerprint density at radius 3 is 2.59 bits per heavy atom. The van der Waals surface area contributed by atoms with E-state index in [4.69, 9.17) is 9.47 Å². The lowest BCUT2D eigenvalue weighted by atomic mass is 10.2. The van der Waals surface area contributed by atoms with Gasteiger partial charge in [0, 0.05) is 17.0 Å². The maximum absolute atomic E-state index is 13.6. The summed E-state index contributed by atoms with van der Waals surface area (Å²) in [6, 6.07) is 8.40. The fourth-order valence-corrected chi connectivity index (χ4v) is 3.26. The standard InChI is InChI=1S/C19H16F2N2O3S/c1-25-16-6-3-11(7-17(16)26-2)19-22-13(10-27-19)9-18(24)23-15-5-4-12(20)8-14(15)21/h3-8,10H,9H2,1-2H3,(H,23,24). The molecule has 27 heavy (non-hydrogen) atoms. The second-order valence-corrected chi connectivity index (χ2v) is 6.42. The van der Waals surface area contributed by atoms with Gasteiger partial charge in [0.2, 0.25) is 5.91 Å². The molecule has 3 rings (SSSR count). The van der Waals surface area contributed by atoms with E-state index in [1.807, 2.05) is 6.07 Å². The average molecular weight is 390 g/mol. The molecule has 0 bridgehead atoms. The molecule has 0 unspecified atom stereocenters. The Morgan fingerprint density at radius 2 is 1.89 bits per heavy atom. The molecule has 0 saturated heterocycles. The van der Waals surface area contributed by atoms with Crippen molar-refractivity contribution in [2.24, 2.45) is 0 Å². The number of nitrogens with zero attached hydrogens (tertiary/aromatic N) is 1. The zero-order chi connectivity index (χ0) is 19.4. The van der Waals surface area contributed by atoms with Crippen molar-refractivity contribution in [1.29, 1.82) is 0 Å². The van der Waals surface area contributed by atoms with Crippen molar-refractivity contribution in [3.63, 3.8) is 0 Å². The number of ether oxygens (including phenoxy) is 2. The highest BCUT2D eigenvalue weighted by atomic mass is 32.1. The minimum absolute atomic E-state index is 0.0272. The molecule has 3 aromatic rings. The molecule has 0 saturated carbocycles. The van der Waals surface area contributed by atoms with Crippen LogP contribution in [0.25, 0.3) is 10.6 Å². The molecule has 0 aliphatic rings. The summed E-state index contributed by atoms with van der Waals surface area (Å²) in [4.78, 5) is 16.5. The quantitative estimate of drug-likeness (QED) is 0.682. The lowest BCUT2D eigenvalue weighted by molar-refractivity contribution is -0.115. The second-order valence-electron chi connectivity index (χ2n) is 5.56. The zero-order valence-corrected chi connectivity index (χ0v) is 15.4. The Morgan fingerprint density at radius 1 is 1.11 bits per heavy atom. The van der Waals surface area contributed by atoms with Crippen LogP contribution in [0.1, 0.15) is 5.69 Å². The van der Waals surface area contributed by atoms with E-state index in [0.717, 1.165) is 11.6 Å². The summed E-state index contributed by atoms with van der Waals surface area (Å²) in [5, 5.41) is 4.89. The van der Waals surface area contributed by atoms with Gasteiger partial charge in [-0.25, -0.2) is 13.8 Å². The number of thiazole rings is 1. The summed E-state index contributed by atoms with van der Waals surface area (Å²) in [5.74, 6) is -0.781. The van der Waals surface area contributed by atoms with Crippen LogP contribution in [0, 0.1) is 11.6 Å². The topological polar surface area (TPSA) is 60.5 Å². The predicted molar refractivity (Wildman–Crippen MR) is 99.3 cm³/mol. The number of nitrogens with one attached hydrogen (secondary N) is 1. The van der Waals surface area contributed by atoms with E-state index < -0.39 is 17.5 Å². The van der Waals surface area contributed by atoms with Crippen molar-refractivity contribution < 1.29 is 23.0 Å². The molecule has 2 aromatic carbocycles. The molecule has 0 atom stereocenters. The van der Waals surface area contributed by atoms with Crippen LogP contribution in [0.15, 0.2) is 41.8 Å². The molecule has 1 N–H and O–H groups in total. The Labute approximate surface area is 158 Å². The van der Waals surface area contributed by atoms with E-state index in [1.165, 1.54) is 17.4 Å². The largest absolute Gasteiger partial charge is 0.493 e. The highest BCUT2D eigenvalue weighted by molar-refractivity contribution is 7.13. The molecule has 8 heteroatoms. The first-order valence-electron chi connectivity index (χ1n) is 7.92. The number of halogens is 2. The van der Waals surface area contributed by atoms with Gasteiger partial charge >= 0.3 is 0 Å². The van der Waals surface area contributed by atoms with Gasteiger partial charge in [-0.1, -0.05) is 0 Å². The first kappa shape index (κ1) is 18.8. The summed E-state index contributed by atoms with van der Waals surface area (Å²) in [6.45, 7) is 0. The highest BCUT2D eigenvalue weighted by Gasteiger charge is 2.13. The van der Waals surface area contributed by atoms with E-state index in [-0.39, 0.29) is 12.1 Å². The molecule has 0 fully saturated rings. The molecule has 1 aromatic heterocycles. The number of carbonyl (C=O) groups is 1. The fraction of sp³-hybridized carbons (Fsp3) is 0.158. The van der Waals surface area contributed by atoms with E-state index in [1.54, 1.807) is 31.7 Å². The first-order valence-corrected chi connectivity index (χ1v) is 8.80. The van der Waals surface area contributed by atoms with E-state index in [9.17, 15) is 13.6 Å². The molecule has 1 amide bonds. The van der Waals surface area contributed by atoms with Crippen LogP contribution in [0.3, 0.4) is 0 Å². The normalized spacial score (nSPS) is 10.5. The smallest absolute Gasteiger partial charge is 0.230 e. The minimum Gasteiger partial charge on any atom is -0.493 e. The average Bonchev–Trinajstić information content (AvgIpc) is 3.11. The predicted octanol–water partition coefficient (Wildman–Crippen LogP) is 4.29. The van der Waals surface area contributed by atoms with Crippen molar-refractivity contribution in [2.75, 3.05) is 19.5 Å². The number of carbonyl (C=O) groups excluding carboxylic acids is 1. The van der Waals surface area contributed by atoms with Crippen LogP contribution >= 0.6 is 11.3 Å². The van der Waals surface area contributed by atoms with Crippen molar-refractivity contribution in [3.05, 3.63) is 59.1 Å². The van der Waals surface area contributed by atoms with Crippen molar-refractivity contribution in [3.8, 4) is 22.1 Å². The third-order valence-corrected chi connectivity index (χ3v) is 4.67. The monoisotopic (exact) mass is 390 g/mol. The third-order valence-electron chi connectivity index (χ3n) is 3.73. The molecule has 0 radical (unpaired) electrons. The van der Waals surface area contributed by atoms with Gasteiger partial charge in [0.25, 0.3) is 0 Å². The van der Waals surface area contributed by atoms with Crippen molar-refractivity contribution in [1.82, 2.24) is 4.98 Å². The number of aromatic nitrogens is 1. The third kappa shape index (κ3) is 4.40. The van der Waals surface area contributed by atoms with Gasteiger partial charge in [0.15, 0.2) is 11.5 Å². The van der Waals surface area contributed by atoms with Crippen LogP contribution < -0.4 is 14.8 Å². The SMILES string of the molecule is COc1ccc(-c2nc(CC(=O)Nc3ccc(F)cc3F)cs2)cc1OC. The van der Waals surface area contributed by atoms with Crippen molar-refractivity contribution >= 4 is 22.9 Å². The number of rotatable bonds is 6. The molecule has 0 aliphatic carbocycles. The lowest BCUT2D eigenvalue weighted by Gasteiger charge is -2.08. The highest BCUT2D eigenvalue weighted by Crippen LogP contribution is 2.33. The van der Waals surface area contributed by atoms with Gasteiger partial charge in [-0.15, -0.1) is 11.3 Å². The number of hydrogen-bond acceptors (Lipinski definition) is 5. The summed E-state index contributed by atoms with van der Waals surface area (Å²) >= 11 is 1.38. The Hall–Kier alpha value is -3.00. The number of benzene rings is 2. The summed E-state index contributed by atoms with van der Waals surface area (Å²) < 4.78 is 37.0. The first-order chi connectivity index (χ1) is 13.0. The minimum atomic E-state index is -0.826. The maximum Gasteiger partial charge on any atom is 0.230 e. The van der Waals surface area contributed by atoms with Gasteiger partial charge in [0.1, 0.15) is 16.6 Å². The zero-order valence-electron chi connectivity index (χ0n) is 14.6. The molecule has 1 heterocycles. The maximum atomic E-state index is 13.6. The van der Waals surface area contributed by atoms with Gasteiger partial charge in [0.05, 0.1) is 32.0 Å². The second kappa shape index (κ2) is 8.13. The van der Waals surface area contributed by atoms with Crippen LogP contribution in [0.5, 0.6) is 11.5 Å². The number of methoxy groups -OCH3 is 2. The molecular weight excluding hydrogens is 374 g/mol. The van der Waals surface area contributed by atoms with E-state index >= 15 is 0 Å². The lowest BCUT2D eigenvalue weighted by Crippen LogP contribution is -2.15. The number of anilines is 1. The molecule has 0 spiro atoms. The van der Waals surface area contributed by atoms with Gasteiger partial charge in [-0.05, 0) is 30.3 Å². The van der Waals surface area contributed by atoms with E-state index in [2.05, 4.69) is 10.3 Å².